The Balaban J connectivity index is 1.41. The van der Waals surface area contributed by atoms with Crippen molar-refractivity contribution in [2.24, 2.45) is 5.92 Å². The number of alkyl halides is 1. The molecular formula is C30H32FNO4. The number of methoxy groups -OCH3 is 1. The molecule has 0 saturated carbocycles. The zero-order valence-corrected chi connectivity index (χ0v) is 21.0. The van der Waals surface area contributed by atoms with Crippen LogP contribution in [0.5, 0.6) is 23.0 Å². The maximum atomic E-state index is 12.6. The highest BCUT2D eigenvalue weighted by Crippen LogP contribution is 2.48. The molecule has 1 N–H and O–H groups in total. The molecule has 0 aliphatic carbocycles. The van der Waals surface area contributed by atoms with Crippen LogP contribution in [0.15, 0.2) is 60.7 Å². The van der Waals surface area contributed by atoms with Crippen molar-refractivity contribution in [3.8, 4) is 23.0 Å². The fourth-order valence-electron chi connectivity index (χ4n) is 5.02. The van der Waals surface area contributed by atoms with E-state index in [0.717, 1.165) is 70.3 Å². The predicted molar refractivity (Wildman–Crippen MR) is 140 cm³/mol. The number of allylic oxidation sites excluding steroid dienone is 1. The number of fused-ring (bicyclic) bond motifs is 1. The molecule has 0 radical (unpaired) electrons. The highest BCUT2D eigenvalue weighted by molar-refractivity contribution is 5.96. The Morgan fingerprint density at radius 2 is 1.81 bits per heavy atom. The lowest BCUT2D eigenvalue weighted by molar-refractivity contribution is 0.0668. The summed E-state index contributed by atoms with van der Waals surface area (Å²) in [5, 5.41) is 10.1. The number of benzene rings is 3. The van der Waals surface area contributed by atoms with E-state index in [0.29, 0.717) is 6.61 Å². The summed E-state index contributed by atoms with van der Waals surface area (Å²) in [5.74, 6) is 2.74. The van der Waals surface area contributed by atoms with E-state index in [-0.39, 0.29) is 24.4 Å². The Morgan fingerprint density at radius 1 is 1.03 bits per heavy atom. The van der Waals surface area contributed by atoms with Gasteiger partial charge in [0.1, 0.15) is 35.7 Å². The minimum absolute atomic E-state index is 0.188. The van der Waals surface area contributed by atoms with Gasteiger partial charge in [-0.05, 0) is 72.5 Å². The molecular weight excluding hydrogens is 457 g/mol. The second-order valence-corrected chi connectivity index (χ2v) is 9.60. The van der Waals surface area contributed by atoms with E-state index in [4.69, 9.17) is 14.2 Å². The van der Waals surface area contributed by atoms with Crippen LogP contribution in [0.4, 0.5) is 4.39 Å². The van der Waals surface area contributed by atoms with Gasteiger partial charge in [0.2, 0.25) is 0 Å². The number of phenolic OH excluding ortho intramolecular Hbond substituents is 1. The fraction of sp³-hybridized carbons (Fsp3) is 0.333. The van der Waals surface area contributed by atoms with Crippen molar-refractivity contribution in [1.82, 2.24) is 4.90 Å². The average Bonchev–Trinajstić information content (AvgIpc) is 2.86. The number of aromatic hydroxyl groups is 1. The topological polar surface area (TPSA) is 51.2 Å². The minimum Gasteiger partial charge on any atom is -0.508 e. The van der Waals surface area contributed by atoms with E-state index in [1.165, 1.54) is 0 Å². The number of halogens is 1. The van der Waals surface area contributed by atoms with Gasteiger partial charge in [-0.2, -0.15) is 0 Å². The van der Waals surface area contributed by atoms with Crippen LogP contribution in [0.3, 0.4) is 0 Å². The third kappa shape index (κ3) is 4.78. The van der Waals surface area contributed by atoms with E-state index >= 15 is 0 Å². The standard InChI is InChI=1S/C30H32FNO4/c1-19-4-5-23(14-28(19)34-3)29-20(2)26-15-24(33)8-11-27(26)36-30(29)22-6-9-25(10-7-22)35-13-12-32-17-21(16-31)18-32/h4-11,14-15,21,30,33H,12-13,16-18H2,1-3H3/t30-/m0/s1. The van der Waals surface area contributed by atoms with Crippen molar-refractivity contribution < 1.29 is 23.7 Å². The van der Waals surface area contributed by atoms with Crippen LogP contribution in [-0.2, 0) is 0 Å². The molecule has 2 aliphatic heterocycles. The van der Waals surface area contributed by atoms with Gasteiger partial charge in [0.25, 0.3) is 0 Å². The van der Waals surface area contributed by atoms with E-state index in [2.05, 4.69) is 17.9 Å². The normalized spacial score (nSPS) is 17.8. The van der Waals surface area contributed by atoms with Crippen molar-refractivity contribution in [2.45, 2.75) is 20.0 Å². The third-order valence-corrected chi connectivity index (χ3v) is 7.11. The molecule has 3 aromatic carbocycles. The SMILES string of the molecule is COc1cc(C2=C(C)c3cc(O)ccc3O[C@H]2c2ccc(OCCN3CC(CF)C3)cc2)ccc1C. The van der Waals surface area contributed by atoms with Crippen LogP contribution >= 0.6 is 0 Å². The van der Waals surface area contributed by atoms with Crippen molar-refractivity contribution in [3.05, 3.63) is 82.9 Å². The second-order valence-electron chi connectivity index (χ2n) is 9.60. The van der Waals surface area contributed by atoms with Crippen LogP contribution in [0.25, 0.3) is 11.1 Å². The number of likely N-dealkylation sites (tertiary alicyclic amines) is 1. The summed E-state index contributed by atoms with van der Waals surface area (Å²) in [6, 6.07) is 19.4. The maximum absolute atomic E-state index is 12.6. The predicted octanol–water partition coefficient (Wildman–Crippen LogP) is 6.05. The Kier molecular flexibility index (Phi) is 6.88. The van der Waals surface area contributed by atoms with E-state index < -0.39 is 0 Å². The highest BCUT2D eigenvalue weighted by atomic mass is 19.1. The molecule has 0 spiro atoms. The molecule has 2 aliphatic rings. The average molecular weight is 490 g/mol. The smallest absolute Gasteiger partial charge is 0.150 e. The first-order valence-corrected chi connectivity index (χ1v) is 12.3. The van der Waals surface area contributed by atoms with Gasteiger partial charge in [-0.25, -0.2) is 0 Å². The Bertz CT molecular complexity index is 1260. The van der Waals surface area contributed by atoms with Gasteiger partial charge in [0.15, 0.2) is 0 Å². The van der Waals surface area contributed by atoms with Gasteiger partial charge in [0, 0.05) is 36.7 Å². The summed E-state index contributed by atoms with van der Waals surface area (Å²) in [6.45, 7) is 6.85. The quantitative estimate of drug-likeness (QED) is 0.417. The second kappa shape index (κ2) is 10.2. The zero-order valence-electron chi connectivity index (χ0n) is 21.0. The van der Waals surface area contributed by atoms with Gasteiger partial charge in [0.05, 0.1) is 13.8 Å². The molecule has 1 fully saturated rings. The summed E-state index contributed by atoms with van der Waals surface area (Å²) in [6.07, 6.45) is -0.331. The first-order chi connectivity index (χ1) is 17.5. The molecule has 0 aromatic heterocycles. The molecule has 5 nitrogen and oxygen atoms in total. The van der Waals surface area contributed by atoms with Crippen molar-refractivity contribution in [2.75, 3.05) is 40.0 Å². The summed E-state index contributed by atoms with van der Waals surface area (Å²) in [4.78, 5) is 2.21. The van der Waals surface area contributed by atoms with Crippen LogP contribution in [-0.4, -0.2) is 50.0 Å². The Labute approximate surface area is 211 Å². The van der Waals surface area contributed by atoms with Crippen LogP contribution in [0.2, 0.25) is 0 Å². The monoisotopic (exact) mass is 489 g/mol. The van der Waals surface area contributed by atoms with Crippen LogP contribution < -0.4 is 14.2 Å². The Morgan fingerprint density at radius 3 is 2.53 bits per heavy atom. The first-order valence-electron chi connectivity index (χ1n) is 12.3. The summed E-state index contributed by atoms with van der Waals surface area (Å²) < 4.78 is 30.7. The molecule has 36 heavy (non-hydrogen) atoms. The van der Waals surface area contributed by atoms with Gasteiger partial charge < -0.3 is 19.3 Å². The lowest BCUT2D eigenvalue weighted by Gasteiger charge is -2.37. The molecule has 2 heterocycles. The number of hydrogen-bond acceptors (Lipinski definition) is 5. The van der Waals surface area contributed by atoms with Crippen LogP contribution in [0.1, 0.15) is 35.3 Å². The van der Waals surface area contributed by atoms with Gasteiger partial charge in [-0.15, -0.1) is 0 Å². The van der Waals surface area contributed by atoms with Crippen molar-refractivity contribution >= 4 is 11.1 Å². The van der Waals surface area contributed by atoms with Crippen molar-refractivity contribution in [3.63, 3.8) is 0 Å². The lowest BCUT2D eigenvalue weighted by Crippen LogP contribution is -2.49. The van der Waals surface area contributed by atoms with E-state index in [1.54, 1.807) is 19.2 Å². The minimum atomic E-state index is -0.331. The lowest BCUT2D eigenvalue weighted by atomic mass is 9.85. The molecule has 0 unspecified atom stereocenters. The molecule has 5 rings (SSSR count). The molecule has 3 aromatic rings. The van der Waals surface area contributed by atoms with Gasteiger partial charge >= 0.3 is 0 Å². The number of phenols is 1. The Hall–Kier alpha value is -3.51. The summed E-state index contributed by atoms with van der Waals surface area (Å²) in [5.41, 5.74) is 6.02. The number of aryl methyl sites for hydroxylation is 1. The zero-order chi connectivity index (χ0) is 25.2. The maximum Gasteiger partial charge on any atom is 0.150 e. The molecule has 188 valence electrons. The van der Waals surface area contributed by atoms with Gasteiger partial charge in [-0.3, -0.25) is 9.29 Å². The third-order valence-electron chi connectivity index (χ3n) is 7.11. The first kappa shape index (κ1) is 24.2. The molecule has 0 bridgehead atoms. The van der Waals surface area contributed by atoms with Gasteiger partial charge in [-0.1, -0.05) is 24.3 Å². The number of rotatable bonds is 8. The molecule has 1 saturated heterocycles. The number of hydrogen-bond donors (Lipinski definition) is 1. The highest BCUT2D eigenvalue weighted by Gasteiger charge is 2.30. The van der Waals surface area contributed by atoms with Crippen molar-refractivity contribution in [1.29, 1.82) is 0 Å². The summed E-state index contributed by atoms with van der Waals surface area (Å²) in [7, 11) is 1.68. The number of ether oxygens (including phenoxy) is 3. The molecule has 0 amide bonds. The molecule has 1 atom stereocenters. The number of nitrogens with zero attached hydrogens (tertiary/aromatic N) is 1. The fourth-order valence-corrected chi connectivity index (χ4v) is 5.02. The summed E-state index contributed by atoms with van der Waals surface area (Å²) >= 11 is 0. The van der Waals surface area contributed by atoms with E-state index in [1.807, 2.05) is 49.4 Å². The molecule has 6 heteroatoms. The van der Waals surface area contributed by atoms with E-state index in [9.17, 15) is 9.50 Å². The van der Waals surface area contributed by atoms with Crippen LogP contribution in [0, 0.1) is 12.8 Å². The largest absolute Gasteiger partial charge is 0.508 e.